The number of H-pyrrole nitrogens is 1. The molecule has 0 amide bonds. The summed E-state index contributed by atoms with van der Waals surface area (Å²) in [5.41, 5.74) is -0.479. The summed E-state index contributed by atoms with van der Waals surface area (Å²) in [6.07, 6.45) is 7.45. The fourth-order valence-electron chi connectivity index (χ4n) is 2.76. The molecule has 15 heavy (non-hydrogen) atoms. The number of nitrogens with zero attached hydrogens (tertiary/aromatic N) is 1. The van der Waals surface area contributed by atoms with Crippen LogP contribution in [0, 0.1) is 5.92 Å². The minimum Gasteiger partial charge on any atom is -0.394 e. The van der Waals surface area contributed by atoms with Gasteiger partial charge in [0.15, 0.2) is 0 Å². The van der Waals surface area contributed by atoms with Gasteiger partial charge in [-0.3, -0.25) is 4.57 Å². The van der Waals surface area contributed by atoms with Crippen molar-refractivity contribution in [3.05, 3.63) is 22.9 Å². The number of imidazole rings is 1. The average molecular weight is 210 g/mol. The predicted octanol–water partition coefficient (Wildman–Crippen LogP) is 1.07. The molecule has 1 aliphatic carbocycles. The fraction of sp³-hybridized carbons (Fsp3) is 0.727. The Hall–Kier alpha value is -1.03. The molecule has 84 valence electrons. The van der Waals surface area contributed by atoms with Crippen LogP contribution >= 0.6 is 0 Å². The van der Waals surface area contributed by atoms with Gasteiger partial charge in [-0.15, -0.1) is 0 Å². The van der Waals surface area contributed by atoms with Gasteiger partial charge in [0.05, 0.1) is 12.1 Å². The van der Waals surface area contributed by atoms with Crippen LogP contribution in [0.15, 0.2) is 17.2 Å². The van der Waals surface area contributed by atoms with Gasteiger partial charge in [-0.25, -0.2) is 4.79 Å². The van der Waals surface area contributed by atoms with Crippen LogP contribution in [0.3, 0.4) is 0 Å². The largest absolute Gasteiger partial charge is 0.394 e. The Bertz CT molecular complexity index is 382. The molecule has 1 aromatic heterocycles. The summed E-state index contributed by atoms with van der Waals surface area (Å²) in [5, 5.41) is 9.58. The minimum atomic E-state index is -0.366. The Kier molecular flexibility index (Phi) is 2.69. The number of hydrogen-bond donors (Lipinski definition) is 2. The first kappa shape index (κ1) is 10.5. The molecule has 1 heterocycles. The SMILES string of the molecule is CC1CCCC(CO)(n2cc[nH]c2=O)C1. The summed E-state index contributed by atoms with van der Waals surface area (Å²) in [6.45, 7) is 2.23. The quantitative estimate of drug-likeness (QED) is 0.767. The molecular formula is C11H18N2O2. The predicted molar refractivity (Wildman–Crippen MR) is 57.7 cm³/mol. The Morgan fingerprint density at radius 3 is 3.07 bits per heavy atom. The van der Waals surface area contributed by atoms with Crippen LogP contribution in [0.2, 0.25) is 0 Å². The molecule has 2 rings (SSSR count). The number of aliphatic hydroxyl groups excluding tert-OH is 1. The summed E-state index contributed by atoms with van der Waals surface area (Å²) in [4.78, 5) is 14.2. The van der Waals surface area contributed by atoms with E-state index in [0.717, 1.165) is 19.3 Å². The molecule has 1 aliphatic rings. The van der Waals surface area contributed by atoms with Gasteiger partial charge in [-0.1, -0.05) is 19.8 Å². The number of aromatic nitrogens is 2. The van der Waals surface area contributed by atoms with Crippen molar-refractivity contribution < 1.29 is 5.11 Å². The van der Waals surface area contributed by atoms with Gasteiger partial charge in [0.25, 0.3) is 0 Å². The van der Waals surface area contributed by atoms with E-state index in [2.05, 4.69) is 11.9 Å². The number of aromatic amines is 1. The maximum Gasteiger partial charge on any atom is 0.326 e. The van der Waals surface area contributed by atoms with Crippen molar-refractivity contribution in [2.24, 2.45) is 5.92 Å². The summed E-state index contributed by atoms with van der Waals surface area (Å²) in [5.74, 6) is 0.577. The number of nitrogens with one attached hydrogen (secondary N) is 1. The fourth-order valence-corrected chi connectivity index (χ4v) is 2.76. The van der Waals surface area contributed by atoms with Gasteiger partial charge < -0.3 is 10.1 Å². The average Bonchev–Trinajstić information content (AvgIpc) is 2.65. The van der Waals surface area contributed by atoms with Crippen molar-refractivity contribution in [3.8, 4) is 0 Å². The second-order valence-electron chi connectivity index (χ2n) is 4.72. The van der Waals surface area contributed by atoms with Crippen LogP contribution in [0.25, 0.3) is 0 Å². The molecule has 0 aliphatic heterocycles. The topological polar surface area (TPSA) is 58.0 Å². The summed E-state index contributed by atoms with van der Waals surface area (Å²) in [6, 6.07) is 0. The third kappa shape index (κ3) is 1.74. The molecule has 4 heteroatoms. The Balaban J connectivity index is 2.36. The molecule has 2 atom stereocenters. The van der Waals surface area contributed by atoms with Crippen LogP contribution in [0.1, 0.15) is 32.6 Å². The van der Waals surface area contributed by atoms with E-state index in [1.54, 1.807) is 17.0 Å². The normalized spacial score (nSPS) is 31.7. The molecule has 0 saturated heterocycles. The van der Waals surface area contributed by atoms with E-state index in [1.165, 1.54) is 6.42 Å². The molecule has 1 fully saturated rings. The third-order valence-electron chi connectivity index (χ3n) is 3.52. The zero-order valence-electron chi connectivity index (χ0n) is 9.07. The smallest absolute Gasteiger partial charge is 0.326 e. The van der Waals surface area contributed by atoms with E-state index in [4.69, 9.17) is 0 Å². The molecule has 0 bridgehead atoms. The molecule has 0 radical (unpaired) electrons. The minimum absolute atomic E-state index is 0.0507. The van der Waals surface area contributed by atoms with Crippen LogP contribution in [-0.2, 0) is 5.54 Å². The van der Waals surface area contributed by atoms with Gasteiger partial charge in [-0.05, 0) is 18.8 Å². The molecule has 0 spiro atoms. The van der Waals surface area contributed by atoms with Crippen molar-refractivity contribution in [1.29, 1.82) is 0 Å². The molecule has 1 aromatic rings. The molecule has 4 nitrogen and oxygen atoms in total. The first-order chi connectivity index (χ1) is 7.18. The van der Waals surface area contributed by atoms with Crippen molar-refractivity contribution in [2.45, 2.75) is 38.1 Å². The standard InChI is InChI=1S/C11H18N2O2/c1-9-3-2-4-11(7-9,8-14)13-6-5-12-10(13)15/h5-6,9,14H,2-4,7-8H2,1H3,(H,12,15). The van der Waals surface area contributed by atoms with Crippen LogP contribution in [-0.4, -0.2) is 21.3 Å². The van der Waals surface area contributed by atoms with Crippen molar-refractivity contribution in [2.75, 3.05) is 6.61 Å². The number of aliphatic hydroxyl groups is 1. The highest BCUT2D eigenvalue weighted by Crippen LogP contribution is 2.36. The van der Waals surface area contributed by atoms with Crippen molar-refractivity contribution in [1.82, 2.24) is 9.55 Å². The van der Waals surface area contributed by atoms with Crippen LogP contribution in [0.4, 0.5) is 0 Å². The summed E-state index contributed by atoms with van der Waals surface area (Å²) < 4.78 is 1.67. The highest BCUT2D eigenvalue weighted by Gasteiger charge is 2.36. The highest BCUT2D eigenvalue weighted by atomic mass is 16.3. The summed E-state index contributed by atoms with van der Waals surface area (Å²) in [7, 11) is 0. The Morgan fingerprint density at radius 2 is 2.53 bits per heavy atom. The maximum absolute atomic E-state index is 11.6. The van der Waals surface area contributed by atoms with Gasteiger partial charge in [-0.2, -0.15) is 0 Å². The van der Waals surface area contributed by atoms with E-state index in [0.29, 0.717) is 5.92 Å². The van der Waals surface area contributed by atoms with E-state index in [1.807, 2.05) is 0 Å². The van der Waals surface area contributed by atoms with Crippen LogP contribution < -0.4 is 5.69 Å². The monoisotopic (exact) mass is 210 g/mol. The second kappa shape index (κ2) is 3.85. The molecule has 0 aromatic carbocycles. The van der Waals surface area contributed by atoms with Crippen molar-refractivity contribution >= 4 is 0 Å². The highest BCUT2D eigenvalue weighted by molar-refractivity contribution is 4.95. The molecule has 1 saturated carbocycles. The van der Waals surface area contributed by atoms with E-state index >= 15 is 0 Å². The van der Waals surface area contributed by atoms with Crippen LogP contribution in [0.5, 0.6) is 0 Å². The Labute approximate surface area is 88.9 Å². The van der Waals surface area contributed by atoms with Gasteiger partial charge in [0.1, 0.15) is 0 Å². The molecular weight excluding hydrogens is 192 g/mol. The lowest BCUT2D eigenvalue weighted by atomic mass is 9.76. The number of rotatable bonds is 2. The molecule has 2 N–H and O–H groups in total. The first-order valence-electron chi connectivity index (χ1n) is 5.55. The lowest BCUT2D eigenvalue weighted by Crippen LogP contribution is -2.46. The zero-order valence-corrected chi connectivity index (χ0v) is 9.07. The zero-order chi connectivity index (χ0) is 10.9. The lowest BCUT2D eigenvalue weighted by molar-refractivity contribution is 0.0669. The third-order valence-corrected chi connectivity index (χ3v) is 3.52. The second-order valence-corrected chi connectivity index (χ2v) is 4.72. The van der Waals surface area contributed by atoms with E-state index in [-0.39, 0.29) is 17.8 Å². The maximum atomic E-state index is 11.6. The van der Waals surface area contributed by atoms with E-state index < -0.39 is 0 Å². The molecule has 2 unspecified atom stereocenters. The Morgan fingerprint density at radius 1 is 1.73 bits per heavy atom. The summed E-state index contributed by atoms with van der Waals surface area (Å²) >= 11 is 0. The first-order valence-corrected chi connectivity index (χ1v) is 5.55. The van der Waals surface area contributed by atoms with Gasteiger partial charge in [0, 0.05) is 12.4 Å². The van der Waals surface area contributed by atoms with Gasteiger partial charge >= 0.3 is 5.69 Å². The lowest BCUT2D eigenvalue weighted by Gasteiger charge is -2.39. The van der Waals surface area contributed by atoms with Crippen molar-refractivity contribution in [3.63, 3.8) is 0 Å². The number of hydrogen-bond acceptors (Lipinski definition) is 2. The van der Waals surface area contributed by atoms with E-state index in [9.17, 15) is 9.90 Å². The van der Waals surface area contributed by atoms with Gasteiger partial charge in [0.2, 0.25) is 0 Å².